The van der Waals surface area contributed by atoms with E-state index in [2.05, 4.69) is 57.3 Å². The molecular weight excluding hydrogens is 244 g/mol. The maximum Gasteiger partial charge on any atom is 0.0286 e. The zero-order chi connectivity index (χ0) is 13.9. The third kappa shape index (κ3) is 4.81. The normalized spacial score (nSPS) is 7.40. The smallest absolute Gasteiger partial charge is 0.0286 e. The zero-order valence-corrected chi connectivity index (χ0v) is 10.5. The molecule has 0 radical (unpaired) electrons. The Morgan fingerprint density at radius 2 is 0.850 bits per heavy atom. The number of hydrogen-bond acceptors (Lipinski definition) is 2. The number of hydrogen-bond donors (Lipinski definition) is 0. The van der Waals surface area contributed by atoms with E-state index >= 15 is 0 Å². The lowest BCUT2D eigenvalue weighted by Crippen LogP contribution is -1.73. The van der Waals surface area contributed by atoms with Gasteiger partial charge in [-0.2, -0.15) is 0 Å². The highest BCUT2D eigenvalue weighted by Gasteiger charge is 1.80. The molecule has 2 aromatic rings. The van der Waals surface area contributed by atoms with Crippen LogP contribution in [0.3, 0.4) is 0 Å². The van der Waals surface area contributed by atoms with Crippen molar-refractivity contribution >= 4 is 0 Å². The van der Waals surface area contributed by atoms with E-state index in [0.717, 1.165) is 11.1 Å². The summed E-state index contributed by atoms with van der Waals surface area (Å²) in [6.07, 6.45) is 6.75. The van der Waals surface area contributed by atoms with Crippen molar-refractivity contribution in [2.45, 2.75) is 0 Å². The van der Waals surface area contributed by atoms with E-state index in [1.54, 1.807) is 24.8 Å². The fourth-order valence-electron chi connectivity index (χ4n) is 1.20. The first-order valence-electron chi connectivity index (χ1n) is 5.77. The van der Waals surface area contributed by atoms with E-state index in [9.17, 15) is 0 Å². The molecule has 0 aliphatic heterocycles. The summed E-state index contributed by atoms with van der Waals surface area (Å²) < 4.78 is 0. The monoisotopic (exact) mass is 252 g/mol. The van der Waals surface area contributed by atoms with Crippen molar-refractivity contribution in [3.63, 3.8) is 0 Å². The molecule has 0 saturated heterocycles. The second-order valence-corrected chi connectivity index (χ2v) is 3.47. The lowest BCUT2D eigenvalue weighted by molar-refractivity contribution is 1.32. The van der Waals surface area contributed by atoms with Gasteiger partial charge in [0.2, 0.25) is 0 Å². The Hall–Kier alpha value is -3.46. The summed E-state index contributed by atoms with van der Waals surface area (Å²) in [7, 11) is 0. The summed E-state index contributed by atoms with van der Waals surface area (Å²) in [4.78, 5) is 7.81. The molecule has 2 heterocycles. The average molecular weight is 252 g/mol. The maximum absolute atomic E-state index is 3.90. The predicted octanol–water partition coefficient (Wildman–Crippen LogP) is 1.89. The maximum atomic E-state index is 3.90. The molecule has 2 rings (SSSR count). The van der Waals surface area contributed by atoms with E-state index in [1.165, 1.54) is 0 Å². The van der Waals surface area contributed by atoms with Gasteiger partial charge in [0.1, 0.15) is 0 Å². The van der Waals surface area contributed by atoms with Crippen LogP contribution in [0.2, 0.25) is 0 Å². The van der Waals surface area contributed by atoms with Crippen LogP contribution in [0.5, 0.6) is 0 Å². The zero-order valence-electron chi connectivity index (χ0n) is 10.5. The topological polar surface area (TPSA) is 25.8 Å². The quantitative estimate of drug-likeness (QED) is 0.669. The van der Waals surface area contributed by atoms with Gasteiger partial charge in [-0.05, 0) is 59.8 Å². The molecule has 2 aromatic heterocycles. The Bertz CT molecular complexity index is 733. The molecule has 0 atom stereocenters. The Balaban J connectivity index is 1.92. The van der Waals surface area contributed by atoms with Crippen molar-refractivity contribution < 1.29 is 0 Å². The summed E-state index contributed by atoms with van der Waals surface area (Å²) in [6.45, 7) is 0. The minimum atomic E-state index is 0.875. The molecule has 0 aliphatic rings. The van der Waals surface area contributed by atoms with Gasteiger partial charge in [-0.3, -0.25) is 9.97 Å². The minimum absolute atomic E-state index is 0.875. The molecule has 0 amide bonds. The molecule has 0 aliphatic carbocycles. The van der Waals surface area contributed by atoms with Gasteiger partial charge < -0.3 is 0 Å². The molecule has 2 heteroatoms. The molecule has 0 spiro atoms. The molecule has 0 aromatic carbocycles. The van der Waals surface area contributed by atoms with E-state index in [-0.39, 0.29) is 0 Å². The van der Waals surface area contributed by atoms with Gasteiger partial charge in [-0.1, -0.05) is 11.8 Å². The van der Waals surface area contributed by atoms with Gasteiger partial charge in [-0.25, -0.2) is 0 Å². The number of aromatic nitrogens is 2. The van der Waals surface area contributed by atoms with E-state index in [0.29, 0.717) is 0 Å². The molecule has 0 saturated carbocycles. The molecule has 90 valence electrons. The van der Waals surface area contributed by atoms with Crippen LogP contribution in [0, 0.1) is 47.4 Å². The molecule has 2 nitrogen and oxygen atoms in total. The molecule has 0 bridgehead atoms. The third-order valence-electron chi connectivity index (χ3n) is 2.09. The summed E-state index contributed by atoms with van der Waals surface area (Å²) >= 11 is 0. The van der Waals surface area contributed by atoms with Crippen molar-refractivity contribution in [3.05, 3.63) is 60.2 Å². The Morgan fingerprint density at radius 3 is 1.25 bits per heavy atom. The van der Waals surface area contributed by atoms with E-state index in [4.69, 9.17) is 0 Å². The second-order valence-electron chi connectivity index (χ2n) is 3.47. The predicted molar refractivity (Wildman–Crippen MR) is 77.8 cm³/mol. The van der Waals surface area contributed by atoms with Gasteiger partial charge in [0.15, 0.2) is 0 Å². The molecule has 0 fully saturated rings. The van der Waals surface area contributed by atoms with Crippen LogP contribution in [0.1, 0.15) is 11.1 Å². The number of pyridine rings is 2. The largest absolute Gasteiger partial charge is 0.265 e. The van der Waals surface area contributed by atoms with Crippen LogP contribution in [0.4, 0.5) is 0 Å². The van der Waals surface area contributed by atoms with Crippen LogP contribution in [-0.4, -0.2) is 9.97 Å². The fraction of sp³-hybridized carbons (Fsp3) is 0. The number of nitrogens with zero attached hydrogens (tertiary/aromatic N) is 2. The van der Waals surface area contributed by atoms with Crippen LogP contribution in [0.25, 0.3) is 0 Å². The average Bonchev–Trinajstić information content (AvgIpc) is 2.52. The van der Waals surface area contributed by atoms with Crippen LogP contribution >= 0.6 is 0 Å². The van der Waals surface area contributed by atoms with Crippen molar-refractivity contribution in [3.8, 4) is 47.4 Å². The fourth-order valence-corrected chi connectivity index (χ4v) is 1.20. The molecular formula is C18H8N2. The highest BCUT2D eigenvalue weighted by atomic mass is 14.6. The SMILES string of the molecule is C(C#CC#Cc1ccncc1)#CC#Cc1ccncc1. The summed E-state index contributed by atoms with van der Waals surface area (Å²) in [6, 6.07) is 7.28. The van der Waals surface area contributed by atoms with Crippen LogP contribution in [0.15, 0.2) is 49.1 Å². The lowest BCUT2D eigenvalue weighted by Gasteiger charge is -1.83. The van der Waals surface area contributed by atoms with Crippen LogP contribution in [-0.2, 0) is 0 Å². The van der Waals surface area contributed by atoms with Crippen molar-refractivity contribution in [1.29, 1.82) is 0 Å². The highest BCUT2D eigenvalue weighted by Crippen LogP contribution is 1.91. The van der Waals surface area contributed by atoms with Crippen molar-refractivity contribution in [2.75, 3.05) is 0 Å². The van der Waals surface area contributed by atoms with E-state index in [1.807, 2.05) is 24.3 Å². The Kier molecular flexibility index (Phi) is 5.06. The lowest BCUT2D eigenvalue weighted by atomic mass is 10.3. The first kappa shape index (κ1) is 13.0. The van der Waals surface area contributed by atoms with Crippen molar-refractivity contribution in [2.24, 2.45) is 0 Å². The first-order chi connectivity index (χ1) is 9.95. The number of rotatable bonds is 0. The summed E-state index contributed by atoms with van der Waals surface area (Å²) in [5.41, 5.74) is 1.75. The first-order valence-corrected chi connectivity index (χ1v) is 5.77. The minimum Gasteiger partial charge on any atom is -0.265 e. The van der Waals surface area contributed by atoms with Gasteiger partial charge in [-0.15, -0.1) is 0 Å². The Morgan fingerprint density at radius 1 is 0.500 bits per heavy atom. The van der Waals surface area contributed by atoms with Gasteiger partial charge >= 0.3 is 0 Å². The second kappa shape index (κ2) is 7.79. The Labute approximate surface area is 118 Å². The molecule has 0 unspecified atom stereocenters. The van der Waals surface area contributed by atoms with Crippen LogP contribution < -0.4 is 0 Å². The van der Waals surface area contributed by atoms with Gasteiger partial charge in [0.25, 0.3) is 0 Å². The van der Waals surface area contributed by atoms with Crippen molar-refractivity contribution in [1.82, 2.24) is 9.97 Å². The van der Waals surface area contributed by atoms with E-state index < -0.39 is 0 Å². The molecule has 20 heavy (non-hydrogen) atoms. The highest BCUT2D eigenvalue weighted by molar-refractivity contribution is 5.45. The third-order valence-corrected chi connectivity index (χ3v) is 2.09. The summed E-state index contributed by atoms with van der Waals surface area (Å²) in [5.74, 6) is 21.8. The standard InChI is InChI=1S/C18H8N2/c1(3-5-7-17-9-13-19-14-10-17)2-4-6-8-18-11-15-20-16-12-18/h9-16H. The van der Waals surface area contributed by atoms with Gasteiger partial charge in [0.05, 0.1) is 0 Å². The van der Waals surface area contributed by atoms with Gasteiger partial charge in [0, 0.05) is 35.9 Å². The molecule has 0 N–H and O–H groups in total. The summed E-state index contributed by atoms with van der Waals surface area (Å²) in [5, 5.41) is 0.